The average Bonchev–Trinajstić information content (AvgIpc) is 3.01. The van der Waals surface area contributed by atoms with Crippen LogP contribution in [-0.4, -0.2) is 28.9 Å². The van der Waals surface area contributed by atoms with Crippen LogP contribution in [0.25, 0.3) is 0 Å². The number of aromatic nitrogens is 1. The molecule has 0 spiro atoms. The van der Waals surface area contributed by atoms with Crippen molar-refractivity contribution >= 4 is 17.6 Å². The van der Waals surface area contributed by atoms with Gasteiger partial charge in [-0.15, -0.1) is 0 Å². The summed E-state index contributed by atoms with van der Waals surface area (Å²) in [6, 6.07) is 16.3. The SMILES string of the molecule is COC(=O)c1ccc(N[C@@H]2c3ncccc3C(=O)N2Cc2ccc(F)cc2)cc1. The molecular weight excluding hydrogens is 373 g/mol. The molecule has 0 fully saturated rings. The molecule has 2 heterocycles. The third kappa shape index (κ3) is 3.67. The van der Waals surface area contributed by atoms with E-state index in [9.17, 15) is 14.0 Å². The molecule has 1 aromatic heterocycles. The predicted octanol–water partition coefficient (Wildman–Crippen LogP) is 3.77. The molecular formula is C22H18FN3O3. The molecule has 1 N–H and O–H groups in total. The predicted molar refractivity (Wildman–Crippen MR) is 105 cm³/mol. The molecule has 146 valence electrons. The molecule has 1 amide bonds. The third-order valence-corrected chi connectivity index (χ3v) is 4.78. The highest BCUT2D eigenvalue weighted by Crippen LogP contribution is 2.34. The maximum atomic E-state index is 13.2. The molecule has 0 radical (unpaired) electrons. The van der Waals surface area contributed by atoms with Crippen molar-refractivity contribution in [2.45, 2.75) is 12.7 Å². The second kappa shape index (κ2) is 7.71. The van der Waals surface area contributed by atoms with Gasteiger partial charge in [-0.05, 0) is 54.1 Å². The van der Waals surface area contributed by atoms with Crippen molar-refractivity contribution in [3.63, 3.8) is 0 Å². The number of anilines is 1. The lowest BCUT2D eigenvalue weighted by molar-refractivity contribution is 0.0600. The Morgan fingerprint density at radius 3 is 2.55 bits per heavy atom. The molecule has 0 unspecified atom stereocenters. The first-order chi connectivity index (χ1) is 14.1. The van der Waals surface area contributed by atoms with E-state index in [0.717, 1.165) is 11.3 Å². The Kier molecular flexibility index (Phi) is 4.95. The van der Waals surface area contributed by atoms with Gasteiger partial charge in [0.15, 0.2) is 0 Å². The maximum Gasteiger partial charge on any atom is 0.337 e. The molecule has 1 atom stereocenters. The minimum atomic E-state index is -0.493. The van der Waals surface area contributed by atoms with Gasteiger partial charge in [0.1, 0.15) is 12.0 Å². The Balaban J connectivity index is 1.63. The van der Waals surface area contributed by atoms with E-state index in [-0.39, 0.29) is 11.7 Å². The molecule has 4 rings (SSSR count). The van der Waals surface area contributed by atoms with Crippen LogP contribution in [0.15, 0.2) is 66.9 Å². The molecule has 0 saturated carbocycles. The highest BCUT2D eigenvalue weighted by atomic mass is 19.1. The van der Waals surface area contributed by atoms with Gasteiger partial charge in [0.2, 0.25) is 0 Å². The summed E-state index contributed by atoms with van der Waals surface area (Å²) in [5.41, 5.74) is 3.11. The van der Waals surface area contributed by atoms with E-state index in [0.29, 0.717) is 23.4 Å². The molecule has 3 aromatic rings. The summed E-state index contributed by atoms with van der Waals surface area (Å²) in [6.07, 6.45) is 1.15. The Morgan fingerprint density at radius 2 is 1.86 bits per heavy atom. The molecule has 1 aliphatic heterocycles. The quantitative estimate of drug-likeness (QED) is 0.671. The van der Waals surface area contributed by atoms with Crippen molar-refractivity contribution in [1.29, 1.82) is 0 Å². The number of hydrogen-bond donors (Lipinski definition) is 1. The minimum absolute atomic E-state index is 0.152. The first-order valence-corrected chi connectivity index (χ1v) is 9.02. The Morgan fingerprint density at radius 1 is 1.14 bits per heavy atom. The monoisotopic (exact) mass is 391 g/mol. The zero-order chi connectivity index (χ0) is 20.4. The lowest BCUT2D eigenvalue weighted by Crippen LogP contribution is -2.32. The largest absolute Gasteiger partial charge is 0.465 e. The van der Waals surface area contributed by atoms with E-state index in [2.05, 4.69) is 10.3 Å². The van der Waals surface area contributed by atoms with Crippen LogP contribution in [0.5, 0.6) is 0 Å². The van der Waals surface area contributed by atoms with Crippen LogP contribution in [0.2, 0.25) is 0 Å². The minimum Gasteiger partial charge on any atom is -0.465 e. The van der Waals surface area contributed by atoms with Crippen molar-refractivity contribution in [1.82, 2.24) is 9.88 Å². The molecule has 29 heavy (non-hydrogen) atoms. The van der Waals surface area contributed by atoms with Crippen LogP contribution in [-0.2, 0) is 11.3 Å². The highest BCUT2D eigenvalue weighted by molar-refractivity contribution is 5.99. The first kappa shape index (κ1) is 18.6. The van der Waals surface area contributed by atoms with Crippen LogP contribution >= 0.6 is 0 Å². The van der Waals surface area contributed by atoms with E-state index in [1.165, 1.54) is 19.2 Å². The van der Waals surface area contributed by atoms with E-state index < -0.39 is 12.1 Å². The number of amides is 1. The van der Waals surface area contributed by atoms with Crippen LogP contribution in [0.1, 0.15) is 38.1 Å². The van der Waals surface area contributed by atoms with Gasteiger partial charge in [0.05, 0.1) is 23.9 Å². The Labute approximate surface area is 166 Å². The van der Waals surface area contributed by atoms with Gasteiger partial charge in [0, 0.05) is 18.4 Å². The standard InChI is InChI=1S/C22H18FN3O3/c1-29-22(28)15-6-10-17(11-7-15)25-20-19-18(3-2-12-24-19)21(27)26(20)13-14-4-8-16(23)9-5-14/h2-12,20,25H,13H2,1H3/t20-/m0/s1. The number of hydrogen-bond acceptors (Lipinski definition) is 5. The van der Waals surface area contributed by atoms with Gasteiger partial charge in [-0.2, -0.15) is 0 Å². The molecule has 0 bridgehead atoms. The number of fused-ring (bicyclic) bond motifs is 1. The number of nitrogens with zero attached hydrogens (tertiary/aromatic N) is 2. The van der Waals surface area contributed by atoms with Crippen molar-refractivity contribution in [3.05, 3.63) is 95.1 Å². The molecule has 6 nitrogen and oxygen atoms in total. The van der Waals surface area contributed by atoms with Crippen molar-refractivity contribution in [3.8, 4) is 0 Å². The maximum absolute atomic E-state index is 13.2. The topological polar surface area (TPSA) is 71.5 Å². The lowest BCUT2D eigenvalue weighted by Gasteiger charge is -2.26. The molecule has 0 aliphatic carbocycles. The van der Waals surface area contributed by atoms with E-state index in [1.54, 1.807) is 59.6 Å². The molecule has 0 saturated heterocycles. The summed E-state index contributed by atoms with van der Waals surface area (Å²) >= 11 is 0. The first-order valence-electron chi connectivity index (χ1n) is 9.02. The number of esters is 1. The molecule has 7 heteroatoms. The number of methoxy groups -OCH3 is 1. The van der Waals surface area contributed by atoms with Crippen LogP contribution in [0, 0.1) is 5.82 Å². The number of benzene rings is 2. The van der Waals surface area contributed by atoms with Gasteiger partial charge >= 0.3 is 5.97 Å². The van der Waals surface area contributed by atoms with E-state index in [1.807, 2.05) is 0 Å². The van der Waals surface area contributed by atoms with Gasteiger partial charge in [-0.25, -0.2) is 9.18 Å². The smallest absolute Gasteiger partial charge is 0.337 e. The zero-order valence-corrected chi connectivity index (χ0v) is 15.6. The summed E-state index contributed by atoms with van der Waals surface area (Å²) in [6.45, 7) is 0.299. The second-order valence-electron chi connectivity index (χ2n) is 6.61. The fraction of sp³-hybridized carbons (Fsp3) is 0.136. The summed E-state index contributed by atoms with van der Waals surface area (Å²) in [5, 5.41) is 3.31. The summed E-state index contributed by atoms with van der Waals surface area (Å²) in [7, 11) is 1.33. The van der Waals surface area contributed by atoms with Crippen LogP contribution in [0.3, 0.4) is 0 Å². The summed E-state index contributed by atoms with van der Waals surface area (Å²) < 4.78 is 17.9. The number of ether oxygens (including phenoxy) is 1. The fourth-order valence-electron chi connectivity index (χ4n) is 3.31. The Bertz CT molecular complexity index is 1050. The average molecular weight is 391 g/mol. The van der Waals surface area contributed by atoms with Gasteiger partial charge in [-0.1, -0.05) is 12.1 Å². The van der Waals surface area contributed by atoms with Gasteiger partial charge in [-0.3, -0.25) is 9.78 Å². The second-order valence-corrected chi connectivity index (χ2v) is 6.61. The summed E-state index contributed by atoms with van der Waals surface area (Å²) in [4.78, 5) is 30.6. The van der Waals surface area contributed by atoms with Gasteiger partial charge < -0.3 is 15.0 Å². The van der Waals surface area contributed by atoms with E-state index in [4.69, 9.17) is 4.74 Å². The van der Waals surface area contributed by atoms with Crippen LogP contribution < -0.4 is 5.32 Å². The summed E-state index contributed by atoms with van der Waals surface area (Å²) in [5.74, 6) is -0.898. The number of rotatable bonds is 5. The normalized spacial score (nSPS) is 15.2. The highest BCUT2D eigenvalue weighted by Gasteiger charge is 2.37. The Hall–Kier alpha value is -3.74. The third-order valence-electron chi connectivity index (χ3n) is 4.78. The lowest BCUT2D eigenvalue weighted by atomic mass is 10.2. The number of halogens is 1. The number of nitrogens with one attached hydrogen (secondary N) is 1. The number of pyridine rings is 1. The van der Waals surface area contributed by atoms with E-state index >= 15 is 0 Å². The van der Waals surface area contributed by atoms with Crippen molar-refractivity contribution in [2.24, 2.45) is 0 Å². The fourth-order valence-corrected chi connectivity index (χ4v) is 3.31. The number of carbonyl (C=O) groups is 2. The zero-order valence-electron chi connectivity index (χ0n) is 15.6. The van der Waals surface area contributed by atoms with Gasteiger partial charge in [0.25, 0.3) is 5.91 Å². The molecule has 1 aliphatic rings. The van der Waals surface area contributed by atoms with Crippen LogP contribution in [0.4, 0.5) is 10.1 Å². The van der Waals surface area contributed by atoms with Crippen molar-refractivity contribution < 1.29 is 18.7 Å². The molecule has 2 aromatic carbocycles. The number of carbonyl (C=O) groups excluding carboxylic acids is 2. The van der Waals surface area contributed by atoms with Crippen molar-refractivity contribution in [2.75, 3.05) is 12.4 Å².